The molecule has 0 atom stereocenters. The number of nitrogens with zero attached hydrogens (tertiary/aromatic N) is 1. The van der Waals surface area contributed by atoms with Gasteiger partial charge >= 0.3 is 0 Å². The highest BCUT2D eigenvalue weighted by Gasteiger charge is 2.04. The third kappa shape index (κ3) is 6.45. The largest absolute Gasteiger partial charge is 0.304 e. The molecule has 0 radical (unpaired) electrons. The van der Waals surface area contributed by atoms with Crippen molar-refractivity contribution in [2.45, 2.75) is 64.2 Å². The van der Waals surface area contributed by atoms with E-state index in [4.69, 9.17) is 23.2 Å². The van der Waals surface area contributed by atoms with Gasteiger partial charge in [0.15, 0.2) is 5.82 Å². The van der Waals surface area contributed by atoms with Gasteiger partial charge in [-0.2, -0.15) is 0 Å². The topological polar surface area (TPSA) is 37.0 Å². The Morgan fingerprint density at radius 2 is 1.55 bits per heavy atom. The average molecular weight is 342 g/mol. The molecule has 0 aromatic carbocycles. The van der Waals surface area contributed by atoms with Gasteiger partial charge in [0.05, 0.1) is 10.0 Å². The summed E-state index contributed by atoms with van der Waals surface area (Å²) in [6.07, 6.45) is 16.7. The Kier molecular flexibility index (Phi) is 7.89. The van der Waals surface area contributed by atoms with E-state index in [9.17, 15) is 0 Å². The first kappa shape index (κ1) is 17.4. The van der Waals surface area contributed by atoms with Crippen LogP contribution in [0.4, 0.5) is 5.82 Å². The van der Waals surface area contributed by atoms with E-state index >= 15 is 0 Å². The lowest BCUT2D eigenvalue weighted by atomic mass is 10.0. The Morgan fingerprint density at radius 1 is 0.864 bits per heavy atom. The van der Waals surface area contributed by atoms with Crippen molar-refractivity contribution >= 4 is 29.0 Å². The quantitative estimate of drug-likeness (QED) is 0.651. The van der Waals surface area contributed by atoms with Crippen molar-refractivity contribution < 1.29 is 0 Å². The lowest BCUT2D eigenvalue weighted by Gasteiger charge is -2.14. The molecule has 1 aliphatic carbocycles. The first-order chi connectivity index (χ1) is 10.8. The molecule has 0 fully saturated rings. The lowest BCUT2D eigenvalue weighted by Crippen LogP contribution is -2.22. The fraction of sp³-hybridized carbons (Fsp3) is 0.588. The lowest BCUT2D eigenvalue weighted by molar-refractivity contribution is 0.557. The second kappa shape index (κ2) is 9.96. The predicted molar refractivity (Wildman–Crippen MR) is 95.3 cm³/mol. The summed E-state index contributed by atoms with van der Waals surface area (Å²) in [6, 6.07) is 1.69. The van der Waals surface area contributed by atoms with Gasteiger partial charge in [-0.3, -0.25) is 5.43 Å². The molecule has 1 aliphatic rings. The third-order valence-electron chi connectivity index (χ3n) is 3.94. The van der Waals surface area contributed by atoms with Crippen LogP contribution in [0.3, 0.4) is 0 Å². The number of aromatic nitrogens is 1. The molecule has 0 spiro atoms. The number of anilines is 1. The molecule has 5 heteroatoms. The SMILES string of the molecule is Clc1cnc(NN/C2=C\CCCCCCCCCC2)c(Cl)c1. The zero-order valence-corrected chi connectivity index (χ0v) is 14.5. The van der Waals surface area contributed by atoms with Crippen LogP contribution in [0.15, 0.2) is 24.0 Å². The van der Waals surface area contributed by atoms with Crippen LogP contribution < -0.4 is 10.9 Å². The van der Waals surface area contributed by atoms with Crippen LogP contribution in [-0.2, 0) is 0 Å². The van der Waals surface area contributed by atoms with Crippen LogP contribution in [0.5, 0.6) is 0 Å². The Hall–Kier alpha value is -0.930. The molecule has 2 rings (SSSR count). The van der Waals surface area contributed by atoms with Gasteiger partial charge in [-0.15, -0.1) is 0 Å². The van der Waals surface area contributed by atoms with Crippen LogP contribution >= 0.6 is 23.2 Å². The Labute approximate surface area is 143 Å². The molecule has 0 aliphatic heterocycles. The second-order valence-electron chi connectivity index (χ2n) is 5.83. The van der Waals surface area contributed by atoms with Crippen LogP contribution in [0.25, 0.3) is 0 Å². The Morgan fingerprint density at radius 3 is 2.27 bits per heavy atom. The summed E-state index contributed by atoms with van der Waals surface area (Å²) in [5.74, 6) is 0.609. The van der Waals surface area contributed by atoms with Crippen LogP contribution in [0, 0.1) is 0 Å². The molecule has 1 aromatic rings. The van der Waals surface area contributed by atoms with E-state index in [-0.39, 0.29) is 0 Å². The van der Waals surface area contributed by atoms with Gasteiger partial charge in [0.1, 0.15) is 0 Å². The second-order valence-corrected chi connectivity index (χ2v) is 6.67. The monoisotopic (exact) mass is 341 g/mol. The molecular weight excluding hydrogens is 317 g/mol. The van der Waals surface area contributed by atoms with Gasteiger partial charge in [-0.25, -0.2) is 4.98 Å². The molecule has 0 amide bonds. The maximum Gasteiger partial charge on any atom is 0.163 e. The number of hydrogen-bond acceptors (Lipinski definition) is 3. The van der Waals surface area contributed by atoms with E-state index in [1.165, 1.54) is 57.1 Å². The zero-order valence-electron chi connectivity index (χ0n) is 13.0. The van der Waals surface area contributed by atoms with Crippen molar-refractivity contribution in [1.82, 2.24) is 10.4 Å². The van der Waals surface area contributed by atoms with Crippen LogP contribution in [0.1, 0.15) is 64.2 Å². The molecule has 22 heavy (non-hydrogen) atoms. The maximum absolute atomic E-state index is 6.12. The van der Waals surface area contributed by atoms with Gasteiger partial charge in [0, 0.05) is 11.9 Å². The van der Waals surface area contributed by atoms with E-state index in [0.717, 1.165) is 12.8 Å². The van der Waals surface area contributed by atoms with Gasteiger partial charge in [-0.05, 0) is 31.7 Å². The van der Waals surface area contributed by atoms with Crippen molar-refractivity contribution in [2.75, 3.05) is 5.43 Å². The highest BCUT2D eigenvalue weighted by Crippen LogP contribution is 2.22. The number of hydrogen-bond donors (Lipinski definition) is 2. The molecule has 0 bridgehead atoms. The highest BCUT2D eigenvalue weighted by atomic mass is 35.5. The summed E-state index contributed by atoms with van der Waals surface area (Å²) in [5.41, 5.74) is 7.60. The van der Waals surface area contributed by atoms with E-state index in [1.807, 2.05) is 0 Å². The van der Waals surface area contributed by atoms with E-state index in [2.05, 4.69) is 21.9 Å². The molecule has 0 unspecified atom stereocenters. The minimum absolute atomic E-state index is 0.522. The van der Waals surface area contributed by atoms with Crippen molar-refractivity contribution in [2.24, 2.45) is 0 Å². The normalized spacial score (nSPS) is 20.2. The molecule has 0 saturated heterocycles. The van der Waals surface area contributed by atoms with Crippen molar-refractivity contribution in [3.05, 3.63) is 34.1 Å². The number of hydrazine groups is 1. The first-order valence-electron chi connectivity index (χ1n) is 8.28. The van der Waals surface area contributed by atoms with Gasteiger partial charge in [0.2, 0.25) is 0 Å². The summed E-state index contributed by atoms with van der Waals surface area (Å²) in [4.78, 5) is 4.20. The number of rotatable bonds is 3. The van der Waals surface area contributed by atoms with Crippen LogP contribution in [-0.4, -0.2) is 4.98 Å². The molecule has 1 aromatic heterocycles. The Balaban J connectivity index is 1.89. The van der Waals surface area contributed by atoms with E-state index in [1.54, 1.807) is 12.3 Å². The highest BCUT2D eigenvalue weighted by molar-refractivity contribution is 6.35. The minimum Gasteiger partial charge on any atom is -0.304 e. The van der Waals surface area contributed by atoms with Gasteiger partial charge < -0.3 is 5.43 Å². The molecule has 1 heterocycles. The fourth-order valence-electron chi connectivity index (χ4n) is 2.66. The number of nitrogens with one attached hydrogen (secondary N) is 2. The summed E-state index contributed by atoms with van der Waals surface area (Å²) in [5, 5.41) is 1.06. The molecule has 0 saturated carbocycles. The smallest absolute Gasteiger partial charge is 0.163 e. The van der Waals surface area contributed by atoms with Crippen LogP contribution in [0.2, 0.25) is 10.0 Å². The van der Waals surface area contributed by atoms with Crippen molar-refractivity contribution in [1.29, 1.82) is 0 Å². The van der Waals surface area contributed by atoms with Gasteiger partial charge in [0.25, 0.3) is 0 Å². The fourth-order valence-corrected chi connectivity index (χ4v) is 3.09. The standard InChI is InChI=1S/C17H25Cl2N3/c18-14-12-16(19)17(20-13-14)22-21-15-10-8-6-4-2-1-3-5-7-9-11-15/h10,12-13,21H,1-9,11H2,(H,20,22)/b15-10-. The van der Waals surface area contributed by atoms with E-state index in [0.29, 0.717) is 15.9 Å². The molecular formula is C17H25Cl2N3. The summed E-state index contributed by atoms with van der Waals surface area (Å²) >= 11 is 12.0. The molecule has 2 N–H and O–H groups in total. The predicted octanol–water partition coefficient (Wildman–Crippen LogP) is 6.10. The minimum atomic E-state index is 0.522. The number of pyridine rings is 1. The van der Waals surface area contributed by atoms with Crippen molar-refractivity contribution in [3.63, 3.8) is 0 Å². The third-order valence-corrected chi connectivity index (χ3v) is 4.44. The summed E-state index contributed by atoms with van der Waals surface area (Å²) in [7, 11) is 0. The zero-order chi connectivity index (χ0) is 15.6. The molecule has 3 nitrogen and oxygen atoms in total. The van der Waals surface area contributed by atoms with E-state index < -0.39 is 0 Å². The van der Waals surface area contributed by atoms with Gasteiger partial charge in [-0.1, -0.05) is 67.8 Å². The van der Waals surface area contributed by atoms with Crippen molar-refractivity contribution in [3.8, 4) is 0 Å². The Bertz CT molecular complexity index is 489. The number of allylic oxidation sites excluding steroid dienone is 2. The first-order valence-corrected chi connectivity index (χ1v) is 9.03. The summed E-state index contributed by atoms with van der Waals surface area (Å²) < 4.78 is 0. The average Bonchev–Trinajstić information content (AvgIpc) is 2.48. The number of halogens is 2. The maximum atomic E-state index is 6.12. The summed E-state index contributed by atoms with van der Waals surface area (Å²) in [6.45, 7) is 0. The molecule has 122 valence electrons.